The average molecular weight is 242 g/mol. The van der Waals surface area contributed by atoms with Crippen LogP contribution in [0.3, 0.4) is 0 Å². The molecule has 0 radical (unpaired) electrons. The monoisotopic (exact) mass is 242 g/mol. The number of rotatable bonds is 2. The maximum atomic E-state index is 10.9. The van der Waals surface area contributed by atoms with Crippen LogP contribution in [0.1, 0.15) is 33.7 Å². The standard InChI is InChI=1S/C14H14N2O2/c1-9-7-13(14(17)18)15-16(9)12-6-5-10-3-2-4-11(10)8-12/h5-8H,2-4H2,1H3,(H,17,18). The van der Waals surface area contributed by atoms with Crippen LogP contribution >= 0.6 is 0 Å². The van der Waals surface area contributed by atoms with Gasteiger partial charge in [-0.3, -0.25) is 0 Å². The van der Waals surface area contributed by atoms with E-state index in [1.165, 1.54) is 17.5 Å². The van der Waals surface area contributed by atoms with E-state index >= 15 is 0 Å². The van der Waals surface area contributed by atoms with Crippen molar-refractivity contribution in [3.8, 4) is 5.69 Å². The average Bonchev–Trinajstić information content (AvgIpc) is 2.93. The van der Waals surface area contributed by atoms with Crippen LogP contribution in [0.5, 0.6) is 0 Å². The third kappa shape index (κ3) is 1.70. The molecule has 92 valence electrons. The summed E-state index contributed by atoms with van der Waals surface area (Å²) in [6, 6.07) is 7.85. The Kier molecular flexibility index (Phi) is 2.44. The van der Waals surface area contributed by atoms with Crippen LogP contribution in [0.15, 0.2) is 24.3 Å². The molecule has 1 heterocycles. The second kappa shape index (κ2) is 3.98. The minimum atomic E-state index is -0.988. The molecule has 1 aromatic carbocycles. The van der Waals surface area contributed by atoms with Crippen molar-refractivity contribution in [1.82, 2.24) is 9.78 Å². The summed E-state index contributed by atoms with van der Waals surface area (Å²) >= 11 is 0. The molecule has 0 saturated carbocycles. The van der Waals surface area contributed by atoms with E-state index in [0.717, 1.165) is 24.2 Å². The minimum Gasteiger partial charge on any atom is -0.476 e. The summed E-state index contributed by atoms with van der Waals surface area (Å²) in [5.74, 6) is -0.988. The number of benzene rings is 1. The lowest BCUT2D eigenvalue weighted by atomic mass is 10.1. The number of carbonyl (C=O) groups is 1. The van der Waals surface area contributed by atoms with Gasteiger partial charge in [0, 0.05) is 5.69 Å². The number of nitrogens with zero attached hydrogens (tertiary/aromatic N) is 2. The molecule has 0 saturated heterocycles. The molecule has 1 aliphatic rings. The van der Waals surface area contributed by atoms with Gasteiger partial charge in [0.15, 0.2) is 5.69 Å². The molecule has 0 fully saturated rings. The van der Waals surface area contributed by atoms with Crippen molar-refractivity contribution in [1.29, 1.82) is 0 Å². The van der Waals surface area contributed by atoms with E-state index in [9.17, 15) is 4.79 Å². The van der Waals surface area contributed by atoms with Gasteiger partial charge in [-0.15, -0.1) is 0 Å². The molecule has 1 aliphatic carbocycles. The first-order valence-electron chi connectivity index (χ1n) is 6.07. The van der Waals surface area contributed by atoms with Crippen LogP contribution in [-0.2, 0) is 12.8 Å². The zero-order chi connectivity index (χ0) is 12.7. The Morgan fingerprint density at radius 3 is 2.78 bits per heavy atom. The molecule has 0 bridgehead atoms. The molecule has 2 aromatic rings. The summed E-state index contributed by atoms with van der Waals surface area (Å²) in [6.45, 7) is 1.87. The molecule has 0 atom stereocenters. The summed E-state index contributed by atoms with van der Waals surface area (Å²) in [6.07, 6.45) is 3.46. The third-order valence-corrected chi connectivity index (χ3v) is 3.43. The zero-order valence-corrected chi connectivity index (χ0v) is 10.2. The largest absolute Gasteiger partial charge is 0.476 e. The summed E-state index contributed by atoms with van der Waals surface area (Å²) in [5, 5.41) is 13.1. The van der Waals surface area contributed by atoms with E-state index in [-0.39, 0.29) is 5.69 Å². The van der Waals surface area contributed by atoms with Crippen LogP contribution in [-0.4, -0.2) is 20.9 Å². The van der Waals surface area contributed by atoms with E-state index in [0.29, 0.717) is 0 Å². The highest BCUT2D eigenvalue weighted by Crippen LogP contribution is 2.24. The highest BCUT2D eigenvalue weighted by atomic mass is 16.4. The number of fused-ring (bicyclic) bond motifs is 1. The number of carboxylic acid groups (broad SMARTS) is 1. The Morgan fingerprint density at radius 2 is 2.06 bits per heavy atom. The highest BCUT2D eigenvalue weighted by Gasteiger charge is 2.15. The van der Waals surface area contributed by atoms with Gasteiger partial charge in [0.05, 0.1) is 5.69 Å². The van der Waals surface area contributed by atoms with Crippen LogP contribution in [0.2, 0.25) is 0 Å². The molecule has 1 N–H and O–H groups in total. The van der Waals surface area contributed by atoms with Crippen molar-refractivity contribution in [3.63, 3.8) is 0 Å². The molecule has 4 heteroatoms. The van der Waals surface area contributed by atoms with E-state index in [1.807, 2.05) is 13.0 Å². The minimum absolute atomic E-state index is 0.0907. The normalized spacial score (nSPS) is 13.6. The van der Waals surface area contributed by atoms with Gasteiger partial charge in [-0.05, 0) is 55.5 Å². The fourth-order valence-corrected chi connectivity index (χ4v) is 2.53. The van der Waals surface area contributed by atoms with Crippen LogP contribution in [0.4, 0.5) is 0 Å². The number of hydrogen-bond acceptors (Lipinski definition) is 2. The first-order valence-corrected chi connectivity index (χ1v) is 6.07. The van der Waals surface area contributed by atoms with E-state index < -0.39 is 5.97 Å². The molecule has 18 heavy (non-hydrogen) atoms. The van der Waals surface area contributed by atoms with Gasteiger partial charge in [0.1, 0.15) is 0 Å². The van der Waals surface area contributed by atoms with E-state index in [1.54, 1.807) is 10.7 Å². The van der Waals surface area contributed by atoms with Gasteiger partial charge < -0.3 is 5.11 Å². The lowest BCUT2D eigenvalue weighted by Crippen LogP contribution is -2.02. The molecule has 0 amide bonds. The first-order chi connectivity index (χ1) is 8.65. The number of aryl methyl sites for hydroxylation is 3. The number of aromatic nitrogens is 2. The highest BCUT2D eigenvalue weighted by molar-refractivity contribution is 5.85. The summed E-state index contributed by atoms with van der Waals surface area (Å²) < 4.78 is 1.70. The molecule has 1 aromatic heterocycles. The maximum absolute atomic E-state index is 10.9. The Hall–Kier alpha value is -2.10. The summed E-state index contributed by atoms with van der Waals surface area (Å²) in [4.78, 5) is 10.9. The first kappa shape index (κ1) is 11.0. The number of carboxylic acids is 1. The van der Waals surface area contributed by atoms with E-state index in [2.05, 4.69) is 17.2 Å². The Morgan fingerprint density at radius 1 is 1.28 bits per heavy atom. The van der Waals surface area contributed by atoms with Gasteiger partial charge >= 0.3 is 5.97 Å². The predicted molar refractivity (Wildman–Crippen MR) is 67.3 cm³/mol. The molecule has 0 aliphatic heterocycles. The lowest BCUT2D eigenvalue weighted by molar-refractivity contribution is 0.0690. The summed E-state index contributed by atoms with van der Waals surface area (Å²) in [5.41, 5.74) is 4.64. The summed E-state index contributed by atoms with van der Waals surface area (Å²) in [7, 11) is 0. The molecule has 4 nitrogen and oxygen atoms in total. The smallest absolute Gasteiger partial charge is 0.356 e. The van der Waals surface area contributed by atoms with Crippen molar-refractivity contribution in [3.05, 3.63) is 46.8 Å². The molecular formula is C14H14N2O2. The SMILES string of the molecule is Cc1cc(C(=O)O)nn1-c1ccc2c(c1)CCC2. The van der Waals surface area contributed by atoms with E-state index in [4.69, 9.17) is 5.11 Å². The Balaban J connectivity index is 2.07. The molecule has 0 spiro atoms. The van der Waals surface area contributed by atoms with Crippen molar-refractivity contribution in [2.75, 3.05) is 0 Å². The molecular weight excluding hydrogens is 228 g/mol. The van der Waals surface area contributed by atoms with Crippen molar-refractivity contribution < 1.29 is 9.90 Å². The zero-order valence-electron chi connectivity index (χ0n) is 10.2. The second-order valence-corrected chi connectivity index (χ2v) is 4.69. The van der Waals surface area contributed by atoms with Gasteiger partial charge in [0.25, 0.3) is 0 Å². The number of hydrogen-bond donors (Lipinski definition) is 1. The van der Waals surface area contributed by atoms with Crippen molar-refractivity contribution in [2.45, 2.75) is 26.2 Å². The van der Waals surface area contributed by atoms with Gasteiger partial charge in [0.2, 0.25) is 0 Å². The molecule has 0 unspecified atom stereocenters. The van der Waals surface area contributed by atoms with Gasteiger partial charge in [-0.25, -0.2) is 9.48 Å². The van der Waals surface area contributed by atoms with Crippen molar-refractivity contribution >= 4 is 5.97 Å². The van der Waals surface area contributed by atoms with Crippen molar-refractivity contribution in [2.24, 2.45) is 0 Å². The van der Waals surface area contributed by atoms with Gasteiger partial charge in [-0.2, -0.15) is 5.10 Å². The fourth-order valence-electron chi connectivity index (χ4n) is 2.53. The topological polar surface area (TPSA) is 55.1 Å². The van der Waals surface area contributed by atoms with Gasteiger partial charge in [-0.1, -0.05) is 6.07 Å². The lowest BCUT2D eigenvalue weighted by Gasteiger charge is -2.06. The predicted octanol–water partition coefficient (Wildman–Crippen LogP) is 2.37. The second-order valence-electron chi connectivity index (χ2n) is 4.69. The van der Waals surface area contributed by atoms with Crippen LogP contribution in [0.25, 0.3) is 5.69 Å². The molecule has 3 rings (SSSR count). The third-order valence-electron chi connectivity index (χ3n) is 3.43. The Bertz CT molecular complexity index is 629. The van der Waals surface area contributed by atoms with Crippen LogP contribution in [0, 0.1) is 6.92 Å². The fraction of sp³-hybridized carbons (Fsp3) is 0.286. The number of aromatic carboxylic acids is 1. The Labute approximate surface area is 105 Å². The maximum Gasteiger partial charge on any atom is 0.356 e. The van der Waals surface area contributed by atoms with Crippen LogP contribution < -0.4 is 0 Å². The quantitative estimate of drug-likeness (QED) is 0.879.